The lowest BCUT2D eigenvalue weighted by molar-refractivity contribution is -0.122. The number of aromatic amines is 1. The number of carbonyl (C=O) groups is 1. The number of thioether (sulfide) groups is 1. The third kappa shape index (κ3) is 3.16. The highest BCUT2D eigenvalue weighted by atomic mass is 32.2. The number of aromatic nitrogens is 2. The molecule has 0 saturated heterocycles. The van der Waals surface area contributed by atoms with Crippen LogP contribution in [-0.2, 0) is 4.79 Å². The van der Waals surface area contributed by atoms with E-state index in [0.717, 1.165) is 22.8 Å². The molecule has 2 N–H and O–H groups in total. The van der Waals surface area contributed by atoms with E-state index < -0.39 is 0 Å². The van der Waals surface area contributed by atoms with E-state index >= 15 is 0 Å². The van der Waals surface area contributed by atoms with Crippen LogP contribution in [0.2, 0.25) is 0 Å². The molecule has 4 rings (SSSR count). The summed E-state index contributed by atoms with van der Waals surface area (Å²) in [5.41, 5.74) is 2.10. The highest BCUT2D eigenvalue weighted by Crippen LogP contribution is 2.45. The maximum absolute atomic E-state index is 12.9. The number of allylic oxidation sites excluding steroid dienone is 2. The minimum atomic E-state index is -0.382. The van der Waals surface area contributed by atoms with Crippen LogP contribution in [0.3, 0.4) is 0 Å². The number of ketones is 1. The lowest BCUT2D eigenvalue weighted by Crippen LogP contribution is -2.38. The second kappa shape index (κ2) is 7.23. The molecule has 2 atom stereocenters. The number of fused-ring (bicyclic) bond motifs is 2. The maximum atomic E-state index is 12.9. The van der Waals surface area contributed by atoms with Crippen molar-refractivity contribution < 1.29 is 9.53 Å². The normalized spacial score (nSPS) is 21.0. The Morgan fingerprint density at radius 1 is 1.22 bits per heavy atom. The zero-order valence-corrected chi connectivity index (χ0v) is 16.1. The van der Waals surface area contributed by atoms with E-state index in [2.05, 4.69) is 21.4 Å². The minimum absolute atomic E-state index is 0.151. The quantitative estimate of drug-likeness (QED) is 0.622. The second-order valence-corrected chi connectivity index (χ2v) is 7.84. The van der Waals surface area contributed by atoms with Gasteiger partial charge >= 0.3 is 0 Å². The van der Waals surface area contributed by atoms with Gasteiger partial charge in [0.25, 0.3) is 5.56 Å². The fourth-order valence-corrected chi connectivity index (χ4v) is 4.44. The first kappa shape index (κ1) is 17.9. The van der Waals surface area contributed by atoms with Crippen LogP contribution in [0.5, 0.6) is 5.75 Å². The van der Waals surface area contributed by atoms with Gasteiger partial charge in [-0.1, -0.05) is 36.9 Å². The molecule has 0 saturated carbocycles. The highest BCUT2D eigenvalue weighted by molar-refractivity contribution is 7.99. The summed E-state index contributed by atoms with van der Waals surface area (Å²) in [5, 5.41) is 3.85. The zero-order valence-electron chi connectivity index (χ0n) is 15.2. The molecule has 140 valence electrons. The maximum Gasteiger partial charge on any atom is 0.257 e. The van der Waals surface area contributed by atoms with Crippen molar-refractivity contribution in [3.05, 3.63) is 57.5 Å². The van der Waals surface area contributed by atoms with E-state index in [9.17, 15) is 9.59 Å². The van der Waals surface area contributed by atoms with Crippen LogP contribution in [0.1, 0.15) is 36.8 Å². The van der Waals surface area contributed by atoms with Gasteiger partial charge in [0.15, 0.2) is 5.16 Å². The monoisotopic (exact) mass is 383 g/mol. The van der Waals surface area contributed by atoms with Crippen LogP contribution in [0.4, 0.5) is 5.82 Å². The molecule has 2 aliphatic rings. The molecule has 1 aromatic heterocycles. The summed E-state index contributed by atoms with van der Waals surface area (Å²) < 4.78 is 5.25. The molecule has 2 aromatic rings. The van der Waals surface area contributed by atoms with Crippen molar-refractivity contribution in [2.24, 2.45) is 5.92 Å². The Kier molecular flexibility index (Phi) is 4.78. The Morgan fingerprint density at radius 2 is 2.00 bits per heavy atom. The lowest BCUT2D eigenvalue weighted by Gasteiger charge is -2.36. The Bertz CT molecular complexity index is 965. The lowest BCUT2D eigenvalue weighted by atomic mass is 9.72. The van der Waals surface area contributed by atoms with Gasteiger partial charge in [0.1, 0.15) is 17.4 Å². The molecule has 1 aliphatic heterocycles. The summed E-state index contributed by atoms with van der Waals surface area (Å²) in [6, 6.07) is 7.56. The van der Waals surface area contributed by atoms with E-state index in [1.165, 1.54) is 11.8 Å². The summed E-state index contributed by atoms with van der Waals surface area (Å²) in [6.07, 6.45) is 3.26. The summed E-state index contributed by atoms with van der Waals surface area (Å²) in [7, 11) is 1.61. The number of rotatable bonds is 4. The van der Waals surface area contributed by atoms with Crippen LogP contribution in [-0.4, -0.2) is 28.6 Å². The molecule has 7 heteroatoms. The van der Waals surface area contributed by atoms with Crippen molar-refractivity contribution in [2.45, 2.75) is 30.8 Å². The van der Waals surface area contributed by atoms with Gasteiger partial charge in [-0.2, -0.15) is 0 Å². The van der Waals surface area contributed by atoms with E-state index in [0.29, 0.717) is 29.4 Å². The van der Waals surface area contributed by atoms with Gasteiger partial charge in [0.2, 0.25) is 0 Å². The first-order valence-corrected chi connectivity index (χ1v) is 10.0. The molecule has 2 heterocycles. The van der Waals surface area contributed by atoms with Gasteiger partial charge in [0, 0.05) is 18.0 Å². The number of H-pyrrole nitrogens is 1. The number of anilines is 1. The van der Waals surface area contributed by atoms with E-state index in [1.54, 1.807) is 7.11 Å². The predicted molar refractivity (Wildman–Crippen MR) is 106 cm³/mol. The van der Waals surface area contributed by atoms with Crippen molar-refractivity contribution in [3.8, 4) is 5.75 Å². The molecule has 1 aromatic carbocycles. The Balaban J connectivity index is 1.90. The average molecular weight is 383 g/mol. The molecule has 0 radical (unpaired) electrons. The van der Waals surface area contributed by atoms with Gasteiger partial charge in [-0.15, -0.1) is 0 Å². The smallest absolute Gasteiger partial charge is 0.257 e. The Labute approximate surface area is 161 Å². The first-order valence-electron chi connectivity index (χ1n) is 9.03. The standard InChI is InChI=1S/C20H21N3O3S/c1-3-27-20-22-18-17(19(25)23-20)15(11-7-9-12(26-2)10-8-11)16-13(21-18)5-4-6-14(16)24/h5,7-10,15-16H,3-4,6H2,1-2H3,(H2,21,22,23,25)/t15-,16-/m0/s1. The third-order valence-electron chi connectivity index (χ3n) is 5.03. The molecule has 1 aliphatic carbocycles. The summed E-state index contributed by atoms with van der Waals surface area (Å²) in [4.78, 5) is 33.2. The van der Waals surface area contributed by atoms with Gasteiger partial charge in [0.05, 0.1) is 18.6 Å². The molecule has 6 nitrogen and oxygen atoms in total. The highest BCUT2D eigenvalue weighted by Gasteiger charge is 2.42. The largest absolute Gasteiger partial charge is 0.497 e. The molecule has 0 spiro atoms. The summed E-state index contributed by atoms with van der Waals surface area (Å²) in [5.74, 6) is 1.51. The molecule has 0 amide bonds. The number of benzene rings is 1. The van der Waals surface area contributed by atoms with Crippen LogP contribution in [0.15, 0.2) is 46.0 Å². The number of nitrogens with one attached hydrogen (secondary N) is 2. The second-order valence-electron chi connectivity index (χ2n) is 6.58. The predicted octanol–water partition coefficient (Wildman–Crippen LogP) is 3.31. The molecular weight excluding hydrogens is 362 g/mol. The number of carbonyl (C=O) groups excluding carboxylic acids is 1. The fourth-order valence-electron chi connectivity index (χ4n) is 3.84. The van der Waals surface area contributed by atoms with E-state index in [1.807, 2.05) is 31.2 Å². The van der Waals surface area contributed by atoms with Gasteiger partial charge < -0.3 is 15.0 Å². The number of hydrogen-bond donors (Lipinski definition) is 2. The van der Waals surface area contributed by atoms with E-state index in [4.69, 9.17) is 4.74 Å². The van der Waals surface area contributed by atoms with Crippen LogP contribution in [0.25, 0.3) is 0 Å². The number of Topliss-reactive ketones (excluding diaryl/α,β-unsaturated/α-hetero) is 1. The average Bonchev–Trinajstić information content (AvgIpc) is 2.67. The molecular formula is C20H21N3O3S. The first-order chi connectivity index (χ1) is 13.1. The van der Waals surface area contributed by atoms with Gasteiger partial charge in [-0.05, 0) is 29.9 Å². The molecule has 0 fully saturated rings. The SMILES string of the molecule is CCSc1nc2c(c(=O)[nH]1)[C@@H](c1ccc(OC)cc1)[C@@H]1C(=O)CCC=C1N2. The third-order valence-corrected chi connectivity index (χ3v) is 5.79. The summed E-state index contributed by atoms with van der Waals surface area (Å²) >= 11 is 1.48. The summed E-state index contributed by atoms with van der Waals surface area (Å²) in [6.45, 7) is 2.01. The van der Waals surface area contributed by atoms with Crippen molar-refractivity contribution in [2.75, 3.05) is 18.2 Å². The van der Waals surface area contributed by atoms with Crippen molar-refractivity contribution in [3.63, 3.8) is 0 Å². The van der Waals surface area contributed by atoms with Crippen molar-refractivity contribution in [1.29, 1.82) is 0 Å². The topological polar surface area (TPSA) is 84.1 Å². The fraction of sp³-hybridized carbons (Fsp3) is 0.350. The molecule has 27 heavy (non-hydrogen) atoms. The Morgan fingerprint density at radius 3 is 2.70 bits per heavy atom. The van der Waals surface area contributed by atoms with Crippen molar-refractivity contribution >= 4 is 23.4 Å². The van der Waals surface area contributed by atoms with E-state index in [-0.39, 0.29) is 23.2 Å². The number of nitrogens with zero attached hydrogens (tertiary/aromatic N) is 1. The van der Waals surface area contributed by atoms with Gasteiger partial charge in [-0.25, -0.2) is 4.98 Å². The van der Waals surface area contributed by atoms with Gasteiger partial charge in [-0.3, -0.25) is 9.59 Å². The van der Waals surface area contributed by atoms with Crippen molar-refractivity contribution in [1.82, 2.24) is 9.97 Å². The van der Waals surface area contributed by atoms with Crippen LogP contribution in [0, 0.1) is 5.92 Å². The molecule has 0 unspecified atom stereocenters. The Hall–Kier alpha value is -2.54. The zero-order chi connectivity index (χ0) is 19.0. The minimum Gasteiger partial charge on any atom is -0.497 e. The molecule has 0 bridgehead atoms. The number of hydrogen-bond acceptors (Lipinski definition) is 6. The van der Waals surface area contributed by atoms with Crippen LogP contribution < -0.4 is 15.6 Å². The van der Waals surface area contributed by atoms with Crippen LogP contribution >= 0.6 is 11.8 Å². The number of methoxy groups -OCH3 is 1. The number of ether oxygens (including phenoxy) is 1.